The molecule has 0 bridgehead atoms. The highest BCUT2D eigenvalue weighted by Crippen LogP contribution is 2.34. The maximum atomic E-state index is 6.17. The van der Waals surface area contributed by atoms with Crippen molar-refractivity contribution >= 4 is 27.5 Å². The Morgan fingerprint density at radius 1 is 1.28 bits per heavy atom. The number of aromatic nitrogens is 2. The van der Waals surface area contributed by atoms with Crippen molar-refractivity contribution in [1.29, 1.82) is 0 Å². The SMILES string of the molecule is Cc1occc1-c1nc(Cl)c(Br)c(C(C)(C)C)n1. The van der Waals surface area contributed by atoms with E-state index in [4.69, 9.17) is 16.0 Å². The number of aryl methyl sites for hydroxylation is 1. The Labute approximate surface area is 120 Å². The van der Waals surface area contributed by atoms with Gasteiger partial charge in [0.15, 0.2) is 5.82 Å². The highest BCUT2D eigenvalue weighted by atomic mass is 79.9. The van der Waals surface area contributed by atoms with Crippen LogP contribution in [0.2, 0.25) is 5.15 Å². The van der Waals surface area contributed by atoms with Gasteiger partial charge in [-0.3, -0.25) is 0 Å². The second-order valence-corrected chi connectivity index (χ2v) is 6.29. The van der Waals surface area contributed by atoms with E-state index in [9.17, 15) is 0 Å². The van der Waals surface area contributed by atoms with E-state index in [1.54, 1.807) is 6.26 Å². The zero-order valence-corrected chi connectivity index (χ0v) is 13.1. The summed E-state index contributed by atoms with van der Waals surface area (Å²) in [5.74, 6) is 1.38. The van der Waals surface area contributed by atoms with Gasteiger partial charge in [0.2, 0.25) is 0 Å². The zero-order chi connectivity index (χ0) is 13.5. The standard InChI is InChI=1S/C13H14BrClN2O/c1-7-8(5-6-18-7)12-16-10(13(2,3)4)9(14)11(15)17-12/h5-6H,1-4H3. The van der Waals surface area contributed by atoms with Crippen LogP contribution in [-0.2, 0) is 5.41 Å². The first kappa shape index (κ1) is 13.6. The Morgan fingerprint density at radius 2 is 1.94 bits per heavy atom. The fourth-order valence-electron chi connectivity index (χ4n) is 1.65. The lowest BCUT2D eigenvalue weighted by molar-refractivity contribution is 0.534. The molecular formula is C13H14BrClN2O. The van der Waals surface area contributed by atoms with E-state index in [0.29, 0.717) is 11.0 Å². The average molecular weight is 330 g/mol. The topological polar surface area (TPSA) is 38.9 Å². The molecule has 0 unspecified atom stereocenters. The monoisotopic (exact) mass is 328 g/mol. The van der Waals surface area contributed by atoms with Gasteiger partial charge in [0.05, 0.1) is 22.0 Å². The van der Waals surface area contributed by atoms with Crippen LogP contribution in [0, 0.1) is 6.92 Å². The molecule has 0 aliphatic rings. The maximum Gasteiger partial charge on any atom is 0.164 e. The molecule has 0 spiro atoms. The second-order valence-electron chi connectivity index (χ2n) is 5.14. The summed E-state index contributed by atoms with van der Waals surface area (Å²) in [6.07, 6.45) is 1.63. The van der Waals surface area contributed by atoms with Crippen molar-refractivity contribution in [2.45, 2.75) is 33.1 Å². The molecule has 0 saturated carbocycles. The number of hydrogen-bond donors (Lipinski definition) is 0. The molecule has 2 rings (SSSR count). The van der Waals surface area contributed by atoms with Gasteiger partial charge in [-0.15, -0.1) is 0 Å². The molecule has 0 aliphatic carbocycles. The minimum atomic E-state index is -0.113. The second kappa shape index (κ2) is 4.67. The van der Waals surface area contributed by atoms with Gasteiger partial charge in [-0.2, -0.15) is 0 Å². The van der Waals surface area contributed by atoms with Crippen molar-refractivity contribution in [3.05, 3.63) is 33.4 Å². The molecule has 2 aromatic heterocycles. The Hall–Kier alpha value is -0.870. The summed E-state index contributed by atoms with van der Waals surface area (Å²) in [7, 11) is 0. The third kappa shape index (κ3) is 2.45. The lowest BCUT2D eigenvalue weighted by atomic mass is 9.92. The van der Waals surface area contributed by atoms with Crippen molar-refractivity contribution in [2.75, 3.05) is 0 Å². The van der Waals surface area contributed by atoms with Gasteiger partial charge >= 0.3 is 0 Å². The largest absolute Gasteiger partial charge is 0.469 e. The Morgan fingerprint density at radius 3 is 2.44 bits per heavy atom. The van der Waals surface area contributed by atoms with Crippen molar-refractivity contribution in [3.63, 3.8) is 0 Å². The van der Waals surface area contributed by atoms with Crippen LogP contribution in [0.4, 0.5) is 0 Å². The lowest BCUT2D eigenvalue weighted by Crippen LogP contribution is -2.16. The van der Waals surface area contributed by atoms with Gasteiger partial charge in [-0.05, 0) is 28.9 Å². The molecule has 96 valence electrons. The predicted octanol–water partition coefficient (Wildman–Crippen LogP) is 4.76. The van der Waals surface area contributed by atoms with E-state index < -0.39 is 0 Å². The van der Waals surface area contributed by atoms with E-state index in [0.717, 1.165) is 21.5 Å². The predicted molar refractivity (Wildman–Crippen MR) is 75.9 cm³/mol. The quantitative estimate of drug-likeness (QED) is 0.708. The van der Waals surface area contributed by atoms with Crippen LogP contribution in [0.25, 0.3) is 11.4 Å². The van der Waals surface area contributed by atoms with Crippen LogP contribution in [-0.4, -0.2) is 9.97 Å². The number of hydrogen-bond acceptors (Lipinski definition) is 3. The maximum absolute atomic E-state index is 6.17. The van der Waals surface area contributed by atoms with Gasteiger partial charge in [0.25, 0.3) is 0 Å². The summed E-state index contributed by atoms with van der Waals surface area (Å²) in [4.78, 5) is 8.90. The van der Waals surface area contributed by atoms with Gasteiger partial charge < -0.3 is 4.42 Å². The van der Waals surface area contributed by atoms with E-state index in [2.05, 4.69) is 46.7 Å². The van der Waals surface area contributed by atoms with Crippen LogP contribution < -0.4 is 0 Å². The van der Waals surface area contributed by atoms with Crippen LogP contribution in [0.15, 0.2) is 21.2 Å². The van der Waals surface area contributed by atoms with E-state index in [-0.39, 0.29) is 5.41 Å². The molecule has 0 radical (unpaired) electrons. The summed E-state index contributed by atoms with van der Waals surface area (Å²) in [6.45, 7) is 8.14. The van der Waals surface area contributed by atoms with Crippen LogP contribution in [0.3, 0.4) is 0 Å². The molecule has 2 heterocycles. The third-order valence-electron chi connectivity index (χ3n) is 2.62. The summed E-state index contributed by atoms with van der Waals surface area (Å²) in [6, 6.07) is 1.85. The third-order valence-corrected chi connectivity index (χ3v) is 3.87. The minimum Gasteiger partial charge on any atom is -0.469 e. The van der Waals surface area contributed by atoms with Gasteiger partial charge in [-0.1, -0.05) is 32.4 Å². The van der Waals surface area contributed by atoms with Crippen LogP contribution in [0.5, 0.6) is 0 Å². The molecule has 3 nitrogen and oxygen atoms in total. The summed E-state index contributed by atoms with van der Waals surface area (Å²) in [5, 5.41) is 0.422. The Bertz CT molecular complexity index is 587. The van der Waals surface area contributed by atoms with Crippen LogP contribution in [0.1, 0.15) is 32.2 Å². The number of rotatable bonds is 1. The zero-order valence-electron chi connectivity index (χ0n) is 10.7. The van der Waals surface area contributed by atoms with Crippen LogP contribution >= 0.6 is 27.5 Å². The summed E-state index contributed by atoms with van der Waals surface area (Å²) in [5.41, 5.74) is 1.64. The molecule has 0 amide bonds. The molecule has 5 heteroatoms. The molecule has 0 N–H and O–H groups in total. The number of nitrogens with zero attached hydrogens (tertiary/aromatic N) is 2. The van der Waals surface area contributed by atoms with Crippen molar-refractivity contribution in [1.82, 2.24) is 9.97 Å². The van der Waals surface area contributed by atoms with E-state index in [1.807, 2.05) is 13.0 Å². The highest BCUT2D eigenvalue weighted by molar-refractivity contribution is 9.10. The van der Waals surface area contributed by atoms with E-state index in [1.165, 1.54) is 0 Å². The fraction of sp³-hybridized carbons (Fsp3) is 0.385. The first-order valence-electron chi connectivity index (χ1n) is 5.58. The highest BCUT2D eigenvalue weighted by Gasteiger charge is 2.23. The van der Waals surface area contributed by atoms with Gasteiger partial charge in [-0.25, -0.2) is 9.97 Å². The summed E-state index contributed by atoms with van der Waals surface area (Å²) >= 11 is 9.62. The first-order chi connectivity index (χ1) is 8.30. The molecule has 2 aromatic rings. The minimum absolute atomic E-state index is 0.113. The molecular weight excluding hydrogens is 316 g/mol. The molecule has 0 saturated heterocycles. The van der Waals surface area contributed by atoms with E-state index >= 15 is 0 Å². The molecule has 0 fully saturated rings. The number of halogens is 2. The number of furan rings is 1. The molecule has 0 atom stereocenters. The van der Waals surface area contributed by atoms with Gasteiger partial charge in [0.1, 0.15) is 10.9 Å². The fourth-order valence-corrected chi connectivity index (χ4v) is 2.60. The molecule has 0 aromatic carbocycles. The normalized spacial score (nSPS) is 11.9. The molecule has 18 heavy (non-hydrogen) atoms. The lowest BCUT2D eigenvalue weighted by Gasteiger charge is -2.20. The summed E-state index contributed by atoms with van der Waals surface area (Å²) < 4.78 is 6.03. The first-order valence-corrected chi connectivity index (χ1v) is 6.76. The Balaban J connectivity index is 2.66. The van der Waals surface area contributed by atoms with Crippen molar-refractivity contribution in [3.8, 4) is 11.4 Å². The van der Waals surface area contributed by atoms with Crippen molar-refractivity contribution in [2.24, 2.45) is 0 Å². The average Bonchev–Trinajstić information content (AvgIpc) is 2.66. The smallest absolute Gasteiger partial charge is 0.164 e. The molecule has 0 aliphatic heterocycles. The Kier molecular flexibility index (Phi) is 3.52. The van der Waals surface area contributed by atoms with Gasteiger partial charge in [0, 0.05) is 5.41 Å². The van der Waals surface area contributed by atoms with Crippen molar-refractivity contribution < 1.29 is 4.42 Å².